The molecule has 0 aliphatic heterocycles. The van der Waals surface area contributed by atoms with Crippen molar-refractivity contribution in [1.29, 1.82) is 0 Å². The van der Waals surface area contributed by atoms with E-state index in [2.05, 4.69) is 19.9 Å². The van der Waals surface area contributed by atoms with E-state index in [9.17, 15) is 0 Å². The van der Waals surface area contributed by atoms with Crippen LogP contribution in [-0.2, 0) is 6.54 Å². The molecule has 1 aromatic carbocycles. The van der Waals surface area contributed by atoms with E-state index in [1.165, 1.54) is 5.56 Å². The molecule has 0 amide bonds. The molecule has 0 unspecified atom stereocenters. The fourth-order valence-corrected chi connectivity index (χ4v) is 1.30. The van der Waals surface area contributed by atoms with Crippen LogP contribution in [0, 0.1) is 0 Å². The number of hydrogen-bond acceptors (Lipinski definition) is 1. The van der Waals surface area contributed by atoms with Crippen LogP contribution in [0.1, 0.15) is 30.9 Å². The second-order valence-electron chi connectivity index (χ2n) is 3.21. The molecule has 0 saturated heterocycles. The Labute approximate surface area is 78.5 Å². The number of halogens is 1. The average molecular weight is 184 g/mol. The first-order valence-corrected chi connectivity index (χ1v) is 4.51. The molecule has 0 heterocycles. The highest BCUT2D eigenvalue weighted by Crippen LogP contribution is 2.21. The summed E-state index contributed by atoms with van der Waals surface area (Å²) in [6.07, 6.45) is 0. The van der Waals surface area contributed by atoms with Gasteiger partial charge in [0.05, 0.1) is 0 Å². The summed E-state index contributed by atoms with van der Waals surface area (Å²) in [7, 11) is 0. The first-order chi connectivity index (χ1) is 5.65. The van der Waals surface area contributed by atoms with Crippen LogP contribution in [0.5, 0.6) is 0 Å². The molecule has 0 atom stereocenters. The molecule has 0 aromatic heterocycles. The molecular formula is C10H14ClN. The summed E-state index contributed by atoms with van der Waals surface area (Å²) in [6.45, 7) is 4.83. The first kappa shape index (κ1) is 9.56. The summed E-state index contributed by atoms with van der Waals surface area (Å²) in [6, 6.07) is 6.04. The fraction of sp³-hybridized carbons (Fsp3) is 0.400. The molecule has 0 aliphatic rings. The van der Waals surface area contributed by atoms with Crippen LogP contribution in [0.4, 0.5) is 0 Å². The van der Waals surface area contributed by atoms with Gasteiger partial charge in [-0.25, -0.2) is 0 Å². The third-order valence-corrected chi connectivity index (χ3v) is 2.33. The lowest BCUT2D eigenvalue weighted by Crippen LogP contribution is -1.99. The van der Waals surface area contributed by atoms with Crippen molar-refractivity contribution in [1.82, 2.24) is 0 Å². The van der Waals surface area contributed by atoms with Gasteiger partial charge in [-0.1, -0.05) is 37.6 Å². The minimum Gasteiger partial charge on any atom is -0.326 e. The highest BCUT2D eigenvalue weighted by molar-refractivity contribution is 6.31. The van der Waals surface area contributed by atoms with Gasteiger partial charge in [0.15, 0.2) is 0 Å². The first-order valence-electron chi connectivity index (χ1n) is 4.13. The maximum absolute atomic E-state index is 5.92. The van der Waals surface area contributed by atoms with Gasteiger partial charge < -0.3 is 5.73 Å². The zero-order chi connectivity index (χ0) is 9.14. The van der Waals surface area contributed by atoms with Gasteiger partial charge >= 0.3 is 0 Å². The van der Waals surface area contributed by atoms with Crippen LogP contribution < -0.4 is 5.73 Å². The smallest absolute Gasteiger partial charge is 0.0451 e. The van der Waals surface area contributed by atoms with Crippen molar-refractivity contribution in [2.75, 3.05) is 0 Å². The van der Waals surface area contributed by atoms with Gasteiger partial charge in [0.1, 0.15) is 0 Å². The summed E-state index contributed by atoms with van der Waals surface area (Å²) < 4.78 is 0. The van der Waals surface area contributed by atoms with Crippen molar-refractivity contribution in [3.63, 3.8) is 0 Å². The quantitative estimate of drug-likeness (QED) is 0.750. The third kappa shape index (κ3) is 1.99. The number of rotatable bonds is 2. The van der Waals surface area contributed by atoms with E-state index in [1.54, 1.807) is 0 Å². The Balaban J connectivity index is 3.05. The van der Waals surface area contributed by atoms with E-state index in [0.29, 0.717) is 12.5 Å². The molecule has 66 valence electrons. The van der Waals surface area contributed by atoms with Gasteiger partial charge in [-0.2, -0.15) is 0 Å². The van der Waals surface area contributed by atoms with Crippen LogP contribution in [0.2, 0.25) is 5.02 Å². The second kappa shape index (κ2) is 3.92. The lowest BCUT2D eigenvalue weighted by atomic mass is 10.0. The summed E-state index contributed by atoms with van der Waals surface area (Å²) in [5, 5.41) is 0.766. The van der Waals surface area contributed by atoms with Crippen molar-refractivity contribution in [3.05, 3.63) is 34.3 Å². The van der Waals surface area contributed by atoms with E-state index in [1.807, 2.05) is 12.1 Å². The third-order valence-electron chi connectivity index (χ3n) is 1.96. The zero-order valence-corrected chi connectivity index (χ0v) is 8.23. The highest BCUT2D eigenvalue weighted by atomic mass is 35.5. The lowest BCUT2D eigenvalue weighted by Gasteiger charge is -2.08. The van der Waals surface area contributed by atoms with E-state index in [4.69, 9.17) is 17.3 Å². The standard InChI is InChI=1S/C10H14ClN/c1-7(2)8-3-4-10(11)9(5-8)6-12/h3-5,7H,6,12H2,1-2H3. The van der Waals surface area contributed by atoms with Crippen molar-refractivity contribution >= 4 is 11.6 Å². The van der Waals surface area contributed by atoms with Crippen LogP contribution in [0.3, 0.4) is 0 Å². The molecule has 2 heteroatoms. The van der Waals surface area contributed by atoms with E-state index in [-0.39, 0.29) is 0 Å². The average Bonchev–Trinajstić information content (AvgIpc) is 2.05. The van der Waals surface area contributed by atoms with Crippen molar-refractivity contribution < 1.29 is 0 Å². The molecular weight excluding hydrogens is 170 g/mol. The molecule has 1 aromatic rings. The summed E-state index contributed by atoms with van der Waals surface area (Å²) in [4.78, 5) is 0. The number of hydrogen-bond donors (Lipinski definition) is 1. The Kier molecular flexibility index (Phi) is 3.12. The molecule has 2 N–H and O–H groups in total. The maximum atomic E-state index is 5.92. The minimum absolute atomic E-state index is 0.513. The van der Waals surface area contributed by atoms with Gasteiger partial charge in [0, 0.05) is 11.6 Å². The van der Waals surface area contributed by atoms with Crippen LogP contribution in [0.25, 0.3) is 0 Å². The molecule has 0 radical (unpaired) electrons. The van der Waals surface area contributed by atoms with Crippen LogP contribution in [-0.4, -0.2) is 0 Å². The van der Waals surface area contributed by atoms with E-state index in [0.717, 1.165) is 10.6 Å². The monoisotopic (exact) mass is 183 g/mol. The van der Waals surface area contributed by atoms with Gasteiger partial charge in [0.25, 0.3) is 0 Å². The fourth-order valence-electron chi connectivity index (χ4n) is 1.11. The van der Waals surface area contributed by atoms with Crippen molar-refractivity contribution in [2.45, 2.75) is 26.3 Å². The normalized spacial score (nSPS) is 10.8. The van der Waals surface area contributed by atoms with Gasteiger partial charge in [-0.15, -0.1) is 0 Å². The number of nitrogens with two attached hydrogens (primary N) is 1. The molecule has 0 bridgehead atoms. The molecule has 1 nitrogen and oxygen atoms in total. The molecule has 0 spiro atoms. The second-order valence-corrected chi connectivity index (χ2v) is 3.62. The molecule has 0 saturated carbocycles. The maximum Gasteiger partial charge on any atom is 0.0451 e. The minimum atomic E-state index is 0.513. The Bertz CT molecular complexity index is 269. The van der Waals surface area contributed by atoms with Crippen LogP contribution in [0.15, 0.2) is 18.2 Å². The summed E-state index contributed by atoms with van der Waals surface area (Å²) >= 11 is 5.92. The van der Waals surface area contributed by atoms with Crippen molar-refractivity contribution in [2.24, 2.45) is 5.73 Å². The summed E-state index contributed by atoms with van der Waals surface area (Å²) in [5.74, 6) is 0.535. The lowest BCUT2D eigenvalue weighted by molar-refractivity contribution is 0.861. The molecule has 1 rings (SSSR count). The predicted octanol–water partition coefficient (Wildman–Crippen LogP) is 2.92. The SMILES string of the molecule is CC(C)c1ccc(Cl)c(CN)c1. The zero-order valence-electron chi connectivity index (χ0n) is 7.47. The Hall–Kier alpha value is -0.530. The van der Waals surface area contributed by atoms with Crippen molar-refractivity contribution in [3.8, 4) is 0 Å². The predicted molar refractivity (Wildman–Crippen MR) is 53.4 cm³/mol. The largest absolute Gasteiger partial charge is 0.326 e. The topological polar surface area (TPSA) is 26.0 Å². The molecule has 12 heavy (non-hydrogen) atoms. The number of benzene rings is 1. The van der Waals surface area contributed by atoms with E-state index < -0.39 is 0 Å². The van der Waals surface area contributed by atoms with Gasteiger partial charge in [0.2, 0.25) is 0 Å². The van der Waals surface area contributed by atoms with Gasteiger partial charge in [-0.3, -0.25) is 0 Å². The highest BCUT2D eigenvalue weighted by Gasteiger charge is 2.02. The molecule has 0 fully saturated rings. The van der Waals surface area contributed by atoms with E-state index >= 15 is 0 Å². The summed E-state index contributed by atoms with van der Waals surface area (Å²) in [5.41, 5.74) is 7.86. The Morgan fingerprint density at radius 1 is 1.42 bits per heavy atom. The molecule has 0 aliphatic carbocycles. The van der Waals surface area contributed by atoms with Gasteiger partial charge in [-0.05, 0) is 23.1 Å². The Morgan fingerprint density at radius 3 is 2.58 bits per heavy atom. The van der Waals surface area contributed by atoms with Crippen LogP contribution >= 0.6 is 11.6 Å². The Morgan fingerprint density at radius 2 is 2.08 bits per heavy atom.